The standard InChI is InChI=1S/C19H30N2O2/c1-18(9-5-3-7-16(18)11-20-14-22)13-19(2)10-6-4-8-17(19)12-21-15-23/h16-17H,3-13H2,1-2H3. The van der Waals surface area contributed by atoms with Gasteiger partial charge in [-0.25, -0.2) is 19.6 Å². The minimum absolute atomic E-state index is 0.230. The summed E-state index contributed by atoms with van der Waals surface area (Å²) in [5.41, 5.74) is 0.460. The predicted octanol–water partition coefficient (Wildman–Crippen LogP) is 4.44. The van der Waals surface area contributed by atoms with E-state index < -0.39 is 0 Å². The molecule has 0 saturated heterocycles. The third-order valence-corrected chi connectivity index (χ3v) is 6.63. The first-order valence-corrected chi connectivity index (χ1v) is 9.11. The Bertz CT molecular complexity index is 450. The Hall–Kier alpha value is -1.24. The van der Waals surface area contributed by atoms with Crippen LogP contribution in [0, 0.1) is 22.7 Å². The van der Waals surface area contributed by atoms with Crippen molar-refractivity contribution in [3.05, 3.63) is 0 Å². The molecule has 4 atom stereocenters. The number of aliphatic imine (C=N–C) groups is 2. The largest absolute Gasteiger partial charge is 0.234 e. The molecular formula is C19H30N2O2. The number of isocyanates is 2. The summed E-state index contributed by atoms with van der Waals surface area (Å²) < 4.78 is 0. The number of nitrogens with zero attached hydrogens (tertiary/aromatic N) is 2. The molecule has 0 aromatic heterocycles. The molecule has 0 aliphatic heterocycles. The average Bonchev–Trinajstić information content (AvgIpc) is 2.53. The molecular weight excluding hydrogens is 288 g/mol. The molecule has 4 heteroatoms. The Morgan fingerprint density at radius 3 is 1.65 bits per heavy atom. The van der Waals surface area contributed by atoms with E-state index in [9.17, 15) is 9.59 Å². The van der Waals surface area contributed by atoms with Crippen molar-refractivity contribution in [2.75, 3.05) is 13.1 Å². The molecule has 2 aliphatic carbocycles. The maximum absolute atomic E-state index is 10.5. The minimum Gasteiger partial charge on any atom is -0.211 e. The lowest BCUT2D eigenvalue weighted by molar-refractivity contribution is 0.00486. The van der Waals surface area contributed by atoms with Gasteiger partial charge >= 0.3 is 0 Å². The third-order valence-electron chi connectivity index (χ3n) is 6.63. The van der Waals surface area contributed by atoms with Gasteiger partial charge in [0, 0.05) is 0 Å². The maximum Gasteiger partial charge on any atom is 0.234 e. The van der Waals surface area contributed by atoms with Gasteiger partial charge in [-0.1, -0.05) is 39.5 Å². The normalized spacial score (nSPS) is 37.5. The van der Waals surface area contributed by atoms with E-state index >= 15 is 0 Å². The minimum atomic E-state index is 0.230. The van der Waals surface area contributed by atoms with Crippen LogP contribution in [0.1, 0.15) is 71.6 Å². The highest BCUT2D eigenvalue weighted by atomic mass is 16.1. The van der Waals surface area contributed by atoms with Crippen molar-refractivity contribution in [1.29, 1.82) is 0 Å². The van der Waals surface area contributed by atoms with Crippen LogP contribution in [-0.2, 0) is 9.59 Å². The maximum atomic E-state index is 10.5. The molecule has 4 nitrogen and oxygen atoms in total. The molecule has 0 aromatic rings. The monoisotopic (exact) mass is 318 g/mol. The summed E-state index contributed by atoms with van der Waals surface area (Å²) in [6, 6.07) is 0. The molecule has 23 heavy (non-hydrogen) atoms. The van der Waals surface area contributed by atoms with Gasteiger partial charge in [0.05, 0.1) is 13.1 Å². The van der Waals surface area contributed by atoms with E-state index in [2.05, 4.69) is 23.8 Å². The summed E-state index contributed by atoms with van der Waals surface area (Å²) in [5.74, 6) is 0.957. The van der Waals surface area contributed by atoms with Gasteiger partial charge in [-0.05, 0) is 54.8 Å². The highest BCUT2D eigenvalue weighted by molar-refractivity contribution is 5.33. The first-order valence-electron chi connectivity index (χ1n) is 9.11. The van der Waals surface area contributed by atoms with Crippen LogP contribution in [0.15, 0.2) is 9.98 Å². The van der Waals surface area contributed by atoms with Crippen LogP contribution in [0.5, 0.6) is 0 Å². The highest BCUT2D eigenvalue weighted by Crippen LogP contribution is 2.54. The van der Waals surface area contributed by atoms with Gasteiger partial charge in [-0.3, -0.25) is 0 Å². The second-order valence-electron chi connectivity index (χ2n) is 8.23. The molecule has 4 unspecified atom stereocenters. The van der Waals surface area contributed by atoms with Crippen LogP contribution in [0.25, 0.3) is 0 Å². The molecule has 2 aliphatic rings. The summed E-state index contributed by atoms with van der Waals surface area (Å²) in [6.07, 6.45) is 14.4. The molecule has 0 heterocycles. The summed E-state index contributed by atoms with van der Waals surface area (Å²) in [4.78, 5) is 28.9. The van der Waals surface area contributed by atoms with Gasteiger partial charge in [0.25, 0.3) is 0 Å². The molecule has 0 bridgehead atoms. The van der Waals surface area contributed by atoms with Crippen LogP contribution in [0.3, 0.4) is 0 Å². The Morgan fingerprint density at radius 2 is 1.26 bits per heavy atom. The lowest BCUT2D eigenvalue weighted by Gasteiger charge is -2.50. The summed E-state index contributed by atoms with van der Waals surface area (Å²) in [5, 5.41) is 0. The van der Waals surface area contributed by atoms with E-state index in [-0.39, 0.29) is 10.8 Å². The zero-order valence-corrected chi connectivity index (χ0v) is 14.6. The zero-order chi connectivity index (χ0) is 16.8. The fraction of sp³-hybridized carbons (Fsp3) is 0.895. The summed E-state index contributed by atoms with van der Waals surface area (Å²) in [7, 11) is 0. The topological polar surface area (TPSA) is 58.9 Å². The molecule has 0 spiro atoms. The van der Waals surface area contributed by atoms with Crippen molar-refractivity contribution in [3.8, 4) is 0 Å². The quantitative estimate of drug-likeness (QED) is 0.537. The van der Waals surface area contributed by atoms with Crippen molar-refractivity contribution in [1.82, 2.24) is 0 Å². The number of hydrogen-bond donors (Lipinski definition) is 0. The second kappa shape index (κ2) is 8.04. The van der Waals surface area contributed by atoms with Crippen molar-refractivity contribution in [2.24, 2.45) is 32.7 Å². The van der Waals surface area contributed by atoms with Crippen LogP contribution >= 0.6 is 0 Å². The van der Waals surface area contributed by atoms with Crippen LogP contribution < -0.4 is 0 Å². The van der Waals surface area contributed by atoms with Gasteiger partial charge in [-0.15, -0.1) is 0 Å². The van der Waals surface area contributed by atoms with Crippen molar-refractivity contribution in [3.63, 3.8) is 0 Å². The Morgan fingerprint density at radius 1 is 0.826 bits per heavy atom. The number of rotatable bonds is 6. The lowest BCUT2D eigenvalue weighted by Crippen LogP contribution is -2.42. The van der Waals surface area contributed by atoms with E-state index in [4.69, 9.17) is 0 Å². The van der Waals surface area contributed by atoms with Gasteiger partial charge in [0.2, 0.25) is 12.2 Å². The zero-order valence-electron chi connectivity index (χ0n) is 14.6. The van der Waals surface area contributed by atoms with Gasteiger partial charge in [0.1, 0.15) is 0 Å². The molecule has 2 rings (SSSR count). The smallest absolute Gasteiger partial charge is 0.211 e. The molecule has 0 radical (unpaired) electrons. The highest BCUT2D eigenvalue weighted by Gasteiger charge is 2.45. The van der Waals surface area contributed by atoms with E-state index in [1.54, 1.807) is 12.2 Å². The van der Waals surface area contributed by atoms with Gasteiger partial charge in [0.15, 0.2) is 0 Å². The van der Waals surface area contributed by atoms with Gasteiger partial charge in [-0.2, -0.15) is 0 Å². The molecule has 0 N–H and O–H groups in total. The molecule has 128 valence electrons. The lowest BCUT2D eigenvalue weighted by atomic mass is 9.55. The Kier molecular flexibility index (Phi) is 6.33. The molecule has 2 fully saturated rings. The molecule has 0 amide bonds. The SMILES string of the molecule is CC1(CC2(C)CCCCC2CN=C=O)CCCCC1CN=C=O. The van der Waals surface area contributed by atoms with Gasteiger partial charge < -0.3 is 0 Å². The number of carbonyl (C=O) groups excluding carboxylic acids is 2. The first-order chi connectivity index (χ1) is 11.0. The van der Waals surface area contributed by atoms with Crippen LogP contribution in [0.2, 0.25) is 0 Å². The Balaban J connectivity index is 2.16. The fourth-order valence-corrected chi connectivity index (χ4v) is 5.25. The van der Waals surface area contributed by atoms with E-state index in [1.165, 1.54) is 38.5 Å². The number of hydrogen-bond acceptors (Lipinski definition) is 4. The molecule has 2 saturated carbocycles. The third kappa shape index (κ3) is 4.40. The predicted molar refractivity (Wildman–Crippen MR) is 90.7 cm³/mol. The van der Waals surface area contributed by atoms with Crippen molar-refractivity contribution in [2.45, 2.75) is 71.6 Å². The van der Waals surface area contributed by atoms with E-state index in [0.29, 0.717) is 24.9 Å². The fourth-order valence-electron chi connectivity index (χ4n) is 5.25. The first kappa shape index (κ1) is 18.1. The average molecular weight is 318 g/mol. The van der Waals surface area contributed by atoms with Crippen LogP contribution in [-0.4, -0.2) is 25.2 Å². The van der Waals surface area contributed by atoms with E-state index in [0.717, 1.165) is 19.3 Å². The van der Waals surface area contributed by atoms with Crippen molar-refractivity contribution < 1.29 is 9.59 Å². The van der Waals surface area contributed by atoms with Crippen LogP contribution in [0.4, 0.5) is 0 Å². The second-order valence-corrected chi connectivity index (χ2v) is 8.23. The van der Waals surface area contributed by atoms with Crippen molar-refractivity contribution >= 4 is 12.2 Å². The summed E-state index contributed by atoms with van der Waals surface area (Å²) >= 11 is 0. The molecule has 0 aromatic carbocycles. The van der Waals surface area contributed by atoms with E-state index in [1.807, 2.05) is 0 Å². The Labute approximate surface area is 139 Å². The summed E-state index contributed by atoms with van der Waals surface area (Å²) in [6.45, 7) is 6.01.